The van der Waals surface area contributed by atoms with Crippen LogP contribution < -0.4 is 10.2 Å². The highest BCUT2D eigenvalue weighted by Gasteiger charge is 2.37. The van der Waals surface area contributed by atoms with Crippen molar-refractivity contribution in [1.29, 1.82) is 0 Å². The van der Waals surface area contributed by atoms with Gasteiger partial charge >= 0.3 is 6.03 Å². The fraction of sp³-hybridized carbons (Fsp3) is 0.0455. The Labute approximate surface area is 192 Å². The number of aryl methyl sites for hydroxylation is 1. The molecule has 3 aromatic rings. The minimum absolute atomic E-state index is 0.243. The van der Waals surface area contributed by atoms with Crippen LogP contribution >= 0.6 is 34.8 Å². The van der Waals surface area contributed by atoms with E-state index in [1.165, 1.54) is 12.1 Å². The van der Waals surface area contributed by atoms with Crippen LogP contribution in [-0.2, 0) is 9.59 Å². The number of carbonyl (C=O) groups excluding carboxylic acids is 3. The van der Waals surface area contributed by atoms with E-state index in [1.807, 2.05) is 0 Å². The Balaban J connectivity index is 1.68. The summed E-state index contributed by atoms with van der Waals surface area (Å²) in [7, 11) is 0. The highest BCUT2D eigenvalue weighted by atomic mass is 35.5. The Hall–Kier alpha value is -3.06. The normalized spacial score (nSPS) is 15.5. The Morgan fingerprint density at radius 3 is 2.39 bits per heavy atom. The Morgan fingerprint density at radius 2 is 1.68 bits per heavy atom. The Bertz CT molecular complexity index is 1280. The number of amides is 4. The van der Waals surface area contributed by atoms with E-state index >= 15 is 0 Å². The first-order valence-corrected chi connectivity index (χ1v) is 10.1. The number of hydrogen-bond donors (Lipinski definition) is 1. The van der Waals surface area contributed by atoms with Gasteiger partial charge < -0.3 is 4.42 Å². The van der Waals surface area contributed by atoms with Gasteiger partial charge in [-0.3, -0.25) is 14.9 Å². The molecule has 0 bridgehead atoms. The van der Waals surface area contributed by atoms with Crippen LogP contribution in [0.2, 0.25) is 15.1 Å². The largest absolute Gasteiger partial charge is 0.457 e. The van der Waals surface area contributed by atoms with Crippen molar-refractivity contribution in [2.75, 3.05) is 4.90 Å². The van der Waals surface area contributed by atoms with Crippen LogP contribution in [0, 0.1) is 6.92 Å². The van der Waals surface area contributed by atoms with Gasteiger partial charge in [-0.05, 0) is 61.0 Å². The third-order valence-electron chi connectivity index (χ3n) is 4.63. The predicted molar refractivity (Wildman–Crippen MR) is 119 cm³/mol. The van der Waals surface area contributed by atoms with Gasteiger partial charge in [0.25, 0.3) is 11.8 Å². The van der Waals surface area contributed by atoms with Crippen molar-refractivity contribution in [3.63, 3.8) is 0 Å². The molecule has 156 valence electrons. The van der Waals surface area contributed by atoms with Gasteiger partial charge in [0.2, 0.25) is 0 Å². The smallest absolute Gasteiger partial charge is 0.335 e. The van der Waals surface area contributed by atoms with Gasteiger partial charge in [-0.25, -0.2) is 9.69 Å². The summed E-state index contributed by atoms with van der Waals surface area (Å²) < 4.78 is 5.73. The lowest BCUT2D eigenvalue weighted by atomic mass is 10.1. The Morgan fingerprint density at radius 1 is 0.903 bits per heavy atom. The molecule has 4 amide bonds. The molecule has 4 rings (SSSR count). The number of nitrogens with zero attached hydrogens (tertiary/aromatic N) is 1. The summed E-state index contributed by atoms with van der Waals surface area (Å²) in [5.41, 5.74) is 1.44. The highest BCUT2D eigenvalue weighted by molar-refractivity contribution is 6.42. The quantitative estimate of drug-likeness (QED) is 0.379. The van der Waals surface area contributed by atoms with E-state index in [9.17, 15) is 14.4 Å². The number of rotatable bonds is 3. The molecule has 2 heterocycles. The molecule has 1 saturated heterocycles. The average molecular weight is 476 g/mol. The lowest BCUT2D eigenvalue weighted by Crippen LogP contribution is -2.54. The van der Waals surface area contributed by atoms with E-state index in [2.05, 4.69) is 5.32 Å². The summed E-state index contributed by atoms with van der Waals surface area (Å²) in [5, 5.41) is 3.32. The number of anilines is 1. The second-order valence-electron chi connectivity index (χ2n) is 6.72. The molecule has 0 saturated carbocycles. The SMILES string of the molecule is Cc1ccc(N2C(=O)NC(=O)C(=Cc3ccc(-c4ccc(Cl)c(Cl)c4)o3)C2=O)cc1Cl. The van der Waals surface area contributed by atoms with Crippen molar-refractivity contribution < 1.29 is 18.8 Å². The molecule has 31 heavy (non-hydrogen) atoms. The second kappa shape index (κ2) is 8.23. The van der Waals surface area contributed by atoms with Crippen molar-refractivity contribution in [3.8, 4) is 11.3 Å². The topological polar surface area (TPSA) is 79.6 Å². The number of hydrogen-bond acceptors (Lipinski definition) is 4. The number of urea groups is 1. The van der Waals surface area contributed by atoms with Crippen molar-refractivity contribution in [2.45, 2.75) is 6.92 Å². The number of nitrogens with one attached hydrogen (secondary N) is 1. The predicted octanol–water partition coefficient (Wildman–Crippen LogP) is 5.88. The van der Waals surface area contributed by atoms with Gasteiger partial charge in [-0.2, -0.15) is 0 Å². The second-order valence-corrected chi connectivity index (χ2v) is 7.94. The summed E-state index contributed by atoms with van der Waals surface area (Å²) in [4.78, 5) is 38.5. The van der Waals surface area contributed by atoms with Crippen molar-refractivity contribution >= 4 is 64.4 Å². The molecule has 6 nitrogen and oxygen atoms in total. The van der Waals surface area contributed by atoms with Crippen molar-refractivity contribution in [1.82, 2.24) is 5.32 Å². The molecule has 0 aliphatic carbocycles. The zero-order valence-electron chi connectivity index (χ0n) is 15.9. The number of carbonyl (C=O) groups is 3. The standard InChI is InChI=1S/C22H13Cl3N2O4/c1-11-2-4-13(9-17(11)24)27-21(29)15(20(28)26-22(27)30)10-14-5-7-19(31-14)12-3-6-16(23)18(25)8-12/h2-10H,1H3,(H,26,28,30). The summed E-state index contributed by atoms with van der Waals surface area (Å²) in [6, 6.07) is 12.1. The molecule has 1 aromatic heterocycles. The van der Waals surface area contributed by atoms with Gasteiger partial charge in [0.05, 0.1) is 15.7 Å². The maximum Gasteiger partial charge on any atom is 0.335 e. The average Bonchev–Trinajstić information content (AvgIpc) is 3.18. The van der Waals surface area contributed by atoms with Crippen LogP contribution in [0.25, 0.3) is 17.4 Å². The first-order chi connectivity index (χ1) is 14.7. The van der Waals surface area contributed by atoms with Gasteiger partial charge in [0.1, 0.15) is 17.1 Å². The number of furan rings is 1. The molecule has 1 fully saturated rings. The molecule has 0 radical (unpaired) electrons. The number of barbiturate groups is 1. The molecule has 0 spiro atoms. The lowest BCUT2D eigenvalue weighted by molar-refractivity contribution is -0.122. The van der Waals surface area contributed by atoms with Crippen LogP contribution in [0.4, 0.5) is 10.5 Å². The lowest BCUT2D eigenvalue weighted by Gasteiger charge is -2.26. The maximum absolute atomic E-state index is 13.0. The fourth-order valence-electron chi connectivity index (χ4n) is 2.99. The van der Waals surface area contributed by atoms with E-state index in [0.29, 0.717) is 26.4 Å². The van der Waals surface area contributed by atoms with Gasteiger partial charge in [-0.15, -0.1) is 0 Å². The molecule has 9 heteroatoms. The molecule has 2 aromatic carbocycles. The zero-order valence-corrected chi connectivity index (χ0v) is 18.2. The number of halogens is 3. The zero-order chi connectivity index (χ0) is 22.3. The van der Waals surface area contributed by atoms with E-state index in [4.69, 9.17) is 39.2 Å². The highest BCUT2D eigenvalue weighted by Crippen LogP contribution is 2.31. The summed E-state index contributed by atoms with van der Waals surface area (Å²) in [6.07, 6.45) is 1.27. The Kier molecular flexibility index (Phi) is 5.62. The summed E-state index contributed by atoms with van der Waals surface area (Å²) in [6.45, 7) is 1.79. The van der Waals surface area contributed by atoms with Crippen LogP contribution in [0.3, 0.4) is 0 Å². The summed E-state index contributed by atoms with van der Waals surface area (Å²) in [5.74, 6) is -0.902. The third kappa shape index (κ3) is 4.10. The minimum Gasteiger partial charge on any atom is -0.457 e. The van der Waals surface area contributed by atoms with Crippen LogP contribution in [0.1, 0.15) is 11.3 Å². The van der Waals surface area contributed by atoms with Crippen molar-refractivity contribution in [3.05, 3.63) is 80.5 Å². The molecular formula is C22H13Cl3N2O4. The van der Waals surface area contributed by atoms with Crippen LogP contribution in [-0.4, -0.2) is 17.8 Å². The molecule has 0 unspecified atom stereocenters. The van der Waals surface area contributed by atoms with Crippen molar-refractivity contribution in [2.24, 2.45) is 0 Å². The maximum atomic E-state index is 13.0. The third-order valence-corrected chi connectivity index (χ3v) is 5.78. The number of imide groups is 2. The van der Waals surface area contributed by atoms with Crippen LogP contribution in [0.5, 0.6) is 0 Å². The number of benzene rings is 2. The molecule has 0 atom stereocenters. The first-order valence-electron chi connectivity index (χ1n) is 8.97. The van der Waals surface area contributed by atoms with E-state index < -0.39 is 17.8 Å². The van der Waals surface area contributed by atoms with E-state index in [-0.39, 0.29) is 17.0 Å². The molecular weight excluding hydrogens is 463 g/mol. The minimum atomic E-state index is -0.858. The molecule has 1 aliphatic heterocycles. The van der Waals surface area contributed by atoms with Gasteiger partial charge in [0.15, 0.2) is 0 Å². The summed E-state index contributed by atoms with van der Waals surface area (Å²) >= 11 is 18.1. The van der Waals surface area contributed by atoms with Gasteiger partial charge in [0, 0.05) is 10.6 Å². The van der Waals surface area contributed by atoms with Gasteiger partial charge in [-0.1, -0.05) is 40.9 Å². The van der Waals surface area contributed by atoms with E-state index in [1.54, 1.807) is 49.4 Å². The van der Waals surface area contributed by atoms with Crippen LogP contribution in [0.15, 0.2) is 58.5 Å². The molecule has 1 aliphatic rings. The monoisotopic (exact) mass is 474 g/mol. The molecule has 1 N–H and O–H groups in total. The first kappa shape index (κ1) is 21.2. The van der Waals surface area contributed by atoms with E-state index in [0.717, 1.165) is 10.5 Å². The fourth-order valence-corrected chi connectivity index (χ4v) is 3.46.